The van der Waals surface area contributed by atoms with E-state index in [9.17, 15) is 17.2 Å². The maximum atomic E-state index is 14.1. The molecule has 32 heavy (non-hydrogen) atoms. The fourth-order valence-electron chi connectivity index (χ4n) is 3.49. The van der Waals surface area contributed by atoms with Crippen LogP contribution in [0.25, 0.3) is 0 Å². The lowest BCUT2D eigenvalue weighted by molar-refractivity contribution is 0.381. The van der Waals surface area contributed by atoms with Crippen LogP contribution in [0.15, 0.2) is 47.5 Å². The van der Waals surface area contributed by atoms with E-state index in [0.717, 1.165) is 17.7 Å². The van der Waals surface area contributed by atoms with Gasteiger partial charge in [-0.15, -0.1) is 0 Å². The summed E-state index contributed by atoms with van der Waals surface area (Å²) in [7, 11) is -4.06. The summed E-state index contributed by atoms with van der Waals surface area (Å²) in [4.78, 5) is 14.6. The summed E-state index contributed by atoms with van der Waals surface area (Å²) in [5, 5.41) is 3.16. The third kappa shape index (κ3) is 4.68. The largest absolute Gasteiger partial charge is 0.354 e. The molecule has 1 N–H and O–H groups in total. The van der Waals surface area contributed by atoms with E-state index in [4.69, 9.17) is 0 Å². The number of rotatable bonds is 5. The minimum atomic E-state index is -4.06. The second kappa shape index (κ2) is 8.75. The third-order valence-electron chi connectivity index (χ3n) is 5.07. The highest BCUT2D eigenvalue weighted by molar-refractivity contribution is 7.89. The van der Waals surface area contributed by atoms with E-state index >= 15 is 0 Å². The van der Waals surface area contributed by atoms with Gasteiger partial charge in [0.1, 0.15) is 39.8 Å². The number of sulfonamides is 1. The number of pyridine rings is 1. The highest BCUT2D eigenvalue weighted by Gasteiger charge is 2.31. The van der Waals surface area contributed by atoms with E-state index in [-0.39, 0.29) is 13.1 Å². The summed E-state index contributed by atoms with van der Waals surface area (Å²) in [5.74, 6) is 0.522. The Morgan fingerprint density at radius 2 is 1.69 bits per heavy atom. The number of nitrogens with one attached hydrogen (secondary N) is 1. The molecule has 0 spiro atoms. The molecule has 3 heterocycles. The van der Waals surface area contributed by atoms with Gasteiger partial charge in [0.2, 0.25) is 10.0 Å². The zero-order valence-corrected chi connectivity index (χ0v) is 18.4. The second-order valence-electron chi connectivity index (χ2n) is 7.47. The van der Waals surface area contributed by atoms with E-state index < -0.39 is 26.6 Å². The quantitative estimate of drug-likeness (QED) is 0.626. The van der Waals surface area contributed by atoms with Crippen molar-refractivity contribution in [3.8, 4) is 0 Å². The molecule has 0 unspecified atom stereocenters. The molecule has 1 aliphatic heterocycles. The van der Waals surface area contributed by atoms with Gasteiger partial charge in [0.05, 0.1) is 0 Å². The van der Waals surface area contributed by atoms with E-state index in [1.54, 1.807) is 19.2 Å². The average Bonchev–Trinajstić information content (AvgIpc) is 2.73. The highest BCUT2D eigenvalue weighted by Crippen LogP contribution is 2.24. The van der Waals surface area contributed by atoms with Crippen LogP contribution in [0.2, 0.25) is 0 Å². The van der Waals surface area contributed by atoms with Gasteiger partial charge in [0.15, 0.2) is 0 Å². The van der Waals surface area contributed by atoms with Gasteiger partial charge in [-0.05, 0) is 43.7 Å². The maximum absolute atomic E-state index is 14.1. The van der Waals surface area contributed by atoms with Crippen molar-refractivity contribution >= 4 is 27.5 Å². The Hall–Kier alpha value is -3.18. The van der Waals surface area contributed by atoms with Crippen LogP contribution in [0.5, 0.6) is 0 Å². The second-order valence-corrected chi connectivity index (χ2v) is 9.37. The van der Waals surface area contributed by atoms with Crippen LogP contribution in [0.1, 0.15) is 11.4 Å². The summed E-state index contributed by atoms with van der Waals surface area (Å²) < 4.78 is 54.0. The zero-order valence-electron chi connectivity index (χ0n) is 17.6. The Kier molecular flexibility index (Phi) is 6.02. The molecule has 3 aromatic rings. The SMILES string of the molecule is Cc1ccnc(Nc2cc(N3CCN(S(=O)(=O)c4ccc(F)cc4F)CC3)nc(C)n2)c1. The summed E-state index contributed by atoms with van der Waals surface area (Å²) in [6.07, 6.45) is 1.70. The van der Waals surface area contributed by atoms with E-state index in [1.165, 1.54) is 4.31 Å². The van der Waals surface area contributed by atoms with Crippen LogP contribution in [0.3, 0.4) is 0 Å². The van der Waals surface area contributed by atoms with Gasteiger partial charge in [0.25, 0.3) is 0 Å². The molecule has 0 aliphatic carbocycles. The Bertz CT molecular complexity index is 1250. The van der Waals surface area contributed by atoms with Crippen molar-refractivity contribution in [3.63, 3.8) is 0 Å². The smallest absolute Gasteiger partial charge is 0.246 e. The highest BCUT2D eigenvalue weighted by atomic mass is 32.2. The molecular weight excluding hydrogens is 438 g/mol. The van der Waals surface area contributed by atoms with E-state index in [0.29, 0.717) is 42.4 Å². The van der Waals surface area contributed by atoms with Crippen molar-refractivity contribution in [3.05, 3.63) is 65.6 Å². The number of hydrogen-bond acceptors (Lipinski definition) is 7. The van der Waals surface area contributed by atoms with Gasteiger partial charge in [-0.2, -0.15) is 4.31 Å². The van der Waals surface area contributed by atoms with Crippen molar-refractivity contribution in [2.75, 3.05) is 36.4 Å². The Morgan fingerprint density at radius 3 is 2.38 bits per heavy atom. The minimum Gasteiger partial charge on any atom is -0.354 e. The van der Waals surface area contributed by atoms with Gasteiger partial charge < -0.3 is 10.2 Å². The van der Waals surface area contributed by atoms with Crippen LogP contribution < -0.4 is 10.2 Å². The normalized spacial score (nSPS) is 15.1. The molecule has 0 saturated carbocycles. The number of halogens is 2. The molecule has 1 aromatic carbocycles. The number of aryl methyl sites for hydroxylation is 2. The molecule has 168 valence electrons. The van der Waals surface area contributed by atoms with Crippen LogP contribution in [0, 0.1) is 25.5 Å². The molecule has 1 saturated heterocycles. The molecule has 11 heteroatoms. The Balaban J connectivity index is 1.49. The van der Waals surface area contributed by atoms with Crippen LogP contribution in [-0.2, 0) is 10.0 Å². The van der Waals surface area contributed by atoms with Crippen molar-refractivity contribution in [2.45, 2.75) is 18.7 Å². The van der Waals surface area contributed by atoms with Gasteiger partial charge in [-0.3, -0.25) is 0 Å². The predicted octanol–water partition coefficient (Wildman–Crippen LogP) is 3.02. The van der Waals surface area contributed by atoms with Crippen LogP contribution >= 0.6 is 0 Å². The van der Waals surface area contributed by atoms with Gasteiger partial charge in [0, 0.05) is 44.5 Å². The molecule has 0 bridgehead atoms. The fraction of sp³-hybridized carbons (Fsp3) is 0.286. The molecule has 1 fully saturated rings. The number of hydrogen-bond donors (Lipinski definition) is 1. The zero-order chi connectivity index (χ0) is 22.9. The molecule has 4 rings (SSSR count). The lowest BCUT2D eigenvalue weighted by Gasteiger charge is -2.34. The average molecular weight is 461 g/mol. The molecular formula is C21H22F2N6O2S. The Morgan fingerprint density at radius 1 is 0.938 bits per heavy atom. The number of piperazine rings is 1. The van der Waals surface area contributed by atoms with Crippen molar-refractivity contribution in [1.82, 2.24) is 19.3 Å². The third-order valence-corrected chi connectivity index (χ3v) is 7.00. The standard InChI is InChI=1S/C21H22F2N6O2S/c1-14-5-6-24-19(11-14)27-20-13-21(26-15(2)25-20)28-7-9-29(10-8-28)32(30,31)18-4-3-16(22)12-17(18)23/h3-6,11-13H,7-10H2,1-2H3,(H,24,25,26,27). The summed E-state index contributed by atoms with van der Waals surface area (Å²) in [6.45, 7) is 4.75. The molecule has 0 radical (unpaired) electrons. The van der Waals surface area contributed by atoms with Crippen LogP contribution in [0.4, 0.5) is 26.2 Å². The lowest BCUT2D eigenvalue weighted by atomic mass is 10.3. The van der Waals surface area contributed by atoms with Gasteiger partial charge in [-0.25, -0.2) is 32.2 Å². The first-order chi connectivity index (χ1) is 15.2. The minimum absolute atomic E-state index is 0.143. The summed E-state index contributed by atoms with van der Waals surface area (Å²) >= 11 is 0. The first-order valence-corrected chi connectivity index (χ1v) is 11.4. The van der Waals surface area contributed by atoms with E-state index in [1.807, 2.05) is 24.0 Å². The number of benzene rings is 1. The summed E-state index contributed by atoms with van der Waals surface area (Å²) in [5.41, 5.74) is 1.06. The van der Waals surface area contributed by atoms with Crippen LogP contribution in [-0.4, -0.2) is 53.9 Å². The topological polar surface area (TPSA) is 91.3 Å². The van der Waals surface area contributed by atoms with Gasteiger partial charge in [-0.1, -0.05) is 0 Å². The molecule has 0 amide bonds. The summed E-state index contributed by atoms with van der Waals surface area (Å²) in [6, 6.07) is 8.04. The van der Waals surface area contributed by atoms with Crippen molar-refractivity contribution < 1.29 is 17.2 Å². The molecule has 1 aliphatic rings. The first-order valence-electron chi connectivity index (χ1n) is 9.98. The molecule has 0 atom stereocenters. The van der Waals surface area contributed by atoms with E-state index in [2.05, 4.69) is 20.3 Å². The predicted molar refractivity (Wildman–Crippen MR) is 116 cm³/mol. The van der Waals surface area contributed by atoms with Gasteiger partial charge >= 0.3 is 0 Å². The number of anilines is 3. The number of aromatic nitrogens is 3. The number of nitrogens with zero attached hydrogens (tertiary/aromatic N) is 5. The molecule has 8 nitrogen and oxygen atoms in total. The van der Waals surface area contributed by atoms with Crippen molar-refractivity contribution in [1.29, 1.82) is 0 Å². The maximum Gasteiger partial charge on any atom is 0.246 e. The monoisotopic (exact) mass is 460 g/mol. The Labute approximate surface area is 185 Å². The first kappa shape index (κ1) is 22.0. The lowest BCUT2D eigenvalue weighted by Crippen LogP contribution is -2.49. The van der Waals surface area contributed by atoms with Crippen molar-refractivity contribution in [2.24, 2.45) is 0 Å². The molecule has 2 aromatic heterocycles. The fourth-order valence-corrected chi connectivity index (χ4v) is 4.96.